The first-order chi connectivity index (χ1) is 14.9. The summed E-state index contributed by atoms with van der Waals surface area (Å²) < 4.78 is 19.1. The third-order valence-electron chi connectivity index (χ3n) is 5.01. The Balaban J connectivity index is 1.71. The Labute approximate surface area is 185 Å². The summed E-state index contributed by atoms with van der Waals surface area (Å²) in [6.45, 7) is 5.22. The molecule has 8 nitrogen and oxygen atoms in total. The first-order valence-corrected chi connectivity index (χ1v) is 10.6. The number of hydrogen-bond acceptors (Lipinski definition) is 6. The molecule has 31 heavy (non-hydrogen) atoms. The molecule has 0 bridgehead atoms. The van der Waals surface area contributed by atoms with Crippen molar-refractivity contribution in [1.29, 1.82) is 0 Å². The lowest BCUT2D eigenvalue weighted by molar-refractivity contribution is 0.119. The third kappa shape index (κ3) is 6.03. The van der Waals surface area contributed by atoms with Gasteiger partial charge in [0.25, 0.3) is 0 Å². The molecule has 0 aliphatic carbocycles. The van der Waals surface area contributed by atoms with E-state index in [1.165, 1.54) is 12.1 Å². The number of carbonyl (C=O) groups excluding carboxylic acids is 1. The van der Waals surface area contributed by atoms with Crippen molar-refractivity contribution >= 4 is 23.6 Å². The highest BCUT2D eigenvalue weighted by molar-refractivity contribution is 6.30. The van der Waals surface area contributed by atoms with Crippen LogP contribution >= 0.6 is 11.6 Å². The van der Waals surface area contributed by atoms with E-state index in [0.29, 0.717) is 37.6 Å². The van der Waals surface area contributed by atoms with Crippen LogP contribution in [0.15, 0.2) is 24.4 Å². The van der Waals surface area contributed by atoms with E-state index in [1.54, 1.807) is 17.2 Å². The largest absolute Gasteiger partial charge is 0.394 e. The average molecular weight is 452 g/mol. The minimum atomic E-state index is -0.515. The van der Waals surface area contributed by atoms with E-state index in [0.717, 1.165) is 11.3 Å². The Kier molecular flexibility index (Phi) is 8.00. The smallest absolute Gasteiger partial charge is 0.318 e. The molecular weight excluding hydrogens is 425 g/mol. The average Bonchev–Trinajstić information content (AvgIpc) is 2.77. The van der Waals surface area contributed by atoms with Crippen molar-refractivity contribution in [2.45, 2.75) is 38.9 Å². The van der Waals surface area contributed by atoms with Gasteiger partial charge in [-0.15, -0.1) is 0 Å². The molecule has 0 unspecified atom stereocenters. The number of urea groups is 1. The van der Waals surface area contributed by atoms with Crippen LogP contribution in [0.4, 0.5) is 15.1 Å². The standard InChI is InChI=1S/C21H27ClFN5O3/c1-3-31-12-19(14-4-5-17(23)16(22)8-14)27-21(30)28-7-6-15-9-24-20(25-13(2)11-29)26-18(15)10-28/h4-5,8-9,13,19,29H,3,6-7,10-12H2,1-2H3,(H,27,30)(H,24,25,26)/t13-,19+/m0/s1. The lowest BCUT2D eigenvalue weighted by atomic mass is 10.1. The van der Waals surface area contributed by atoms with E-state index in [2.05, 4.69) is 20.6 Å². The number of nitrogens with zero attached hydrogens (tertiary/aromatic N) is 3. The third-order valence-corrected chi connectivity index (χ3v) is 5.30. The summed E-state index contributed by atoms with van der Waals surface area (Å²) in [5.74, 6) is -0.100. The molecule has 1 aromatic carbocycles. The number of hydrogen-bond donors (Lipinski definition) is 3. The van der Waals surface area contributed by atoms with E-state index in [1.807, 2.05) is 13.8 Å². The number of rotatable bonds is 8. The Morgan fingerprint density at radius 2 is 2.26 bits per heavy atom. The second kappa shape index (κ2) is 10.7. The number of carbonyl (C=O) groups is 1. The molecule has 0 spiro atoms. The van der Waals surface area contributed by atoms with Crippen LogP contribution in [0.1, 0.15) is 36.7 Å². The number of amides is 2. The van der Waals surface area contributed by atoms with Gasteiger partial charge in [-0.05, 0) is 43.5 Å². The SMILES string of the molecule is CCOC[C@@H](NC(=O)N1CCc2cnc(N[C@@H](C)CO)nc2C1)c1ccc(F)c(Cl)c1. The van der Waals surface area contributed by atoms with Crippen LogP contribution in [0.25, 0.3) is 0 Å². The van der Waals surface area contributed by atoms with Crippen LogP contribution in [0.2, 0.25) is 5.02 Å². The molecule has 1 aliphatic rings. The topological polar surface area (TPSA) is 99.6 Å². The summed E-state index contributed by atoms with van der Waals surface area (Å²) in [4.78, 5) is 23.4. The summed E-state index contributed by atoms with van der Waals surface area (Å²) in [6, 6.07) is 3.44. The molecule has 1 aromatic heterocycles. The maximum absolute atomic E-state index is 13.6. The van der Waals surface area contributed by atoms with Crippen molar-refractivity contribution in [2.24, 2.45) is 0 Å². The number of halogens is 2. The molecule has 3 N–H and O–H groups in total. The first-order valence-electron chi connectivity index (χ1n) is 10.2. The van der Waals surface area contributed by atoms with Crippen molar-refractivity contribution < 1.29 is 19.0 Å². The molecule has 0 saturated heterocycles. The van der Waals surface area contributed by atoms with Gasteiger partial charge in [-0.3, -0.25) is 0 Å². The Morgan fingerprint density at radius 3 is 2.97 bits per heavy atom. The van der Waals surface area contributed by atoms with Crippen molar-refractivity contribution in [1.82, 2.24) is 20.2 Å². The van der Waals surface area contributed by atoms with E-state index in [-0.39, 0.29) is 30.3 Å². The second-order valence-corrected chi connectivity index (χ2v) is 7.81. The van der Waals surface area contributed by atoms with Gasteiger partial charge in [-0.1, -0.05) is 17.7 Å². The molecular formula is C21H27ClFN5O3. The number of fused-ring (bicyclic) bond motifs is 1. The number of ether oxygens (including phenoxy) is 1. The van der Waals surface area contributed by atoms with E-state index >= 15 is 0 Å². The highest BCUT2D eigenvalue weighted by atomic mass is 35.5. The van der Waals surface area contributed by atoms with Crippen LogP contribution < -0.4 is 10.6 Å². The van der Waals surface area contributed by atoms with Crippen LogP contribution in [0.5, 0.6) is 0 Å². The summed E-state index contributed by atoms with van der Waals surface area (Å²) in [5.41, 5.74) is 2.41. The van der Waals surface area contributed by atoms with Crippen LogP contribution in [0.3, 0.4) is 0 Å². The van der Waals surface area contributed by atoms with Crippen LogP contribution in [-0.4, -0.2) is 58.4 Å². The molecule has 168 valence electrons. The zero-order valence-electron chi connectivity index (χ0n) is 17.6. The number of aromatic nitrogens is 2. The predicted octanol–water partition coefficient (Wildman–Crippen LogP) is 2.91. The second-order valence-electron chi connectivity index (χ2n) is 7.40. The Hall–Kier alpha value is -2.49. The fourth-order valence-corrected chi connectivity index (χ4v) is 3.43. The summed E-state index contributed by atoms with van der Waals surface area (Å²) in [7, 11) is 0. The monoisotopic (exact) mass is 451 g/mol. The fraction of sp³-hybridized carbons (Fsp3) is 0.476. The molecule has 10 heteroatoms. The van der Waals surface area contributed by atoms with Crippen LogP contribution in [0, 0.1) is 5.82 Å². The molecule has 3 rings (SSSR count). The van der Waals surface area contributed by atoms with E-state index in [9.17, 15) is 14.3 Å². The van der Waals surface area contributed by atoms with E-state index in [4.69, 9.17) is 16.3 Å². The maximum Gasteiger partial charge on any atom is 0.318 e. The van der Waals surface area contributed by atoms with Gasteiger partial charge in [0.05, 0.1) is 36.5 Å². The van der Waals surface area contributed by atoms with Crippen molar-refractivity contribution in [2.75, 3.05) is 31.7 Å². The van der Waals surface area contributed by atoms with Gasteiger partial charge < -0.3 is 25.4 Å². The molecule has 0 radical (unpaired) electrons. The maximum atomic E-state index is 13.6. The van der Waals surface area contributed by atoms with Gasteiger partial charge in [0, 0.05) is 25.4 Å². The molecule has 0 fully saturated rings. The molecule has 1 aliphatic heterocycles. The normalized spacial score (nSPS) is 15.2. The summed E-state index contributed by atoms with van der Waals surface area (Å²) in [5, 5.41) is 15.2. The number of anilines is 1. The molecule has 2 aromatic rings. The minimum absolute atomic E-state index is 0.00557. The van der Waals surface area contributed by atoms with Gasteiger partial charge in [0.1, 0.15) is 5.82 Å². The lowest BCUT2D eigenvalue weighted by Gasteiger charge is -2.30. The van der Waals surface area contributed by atoms with Crippen molar-refractivity contribution in [3.63, 3.8) is 0 Å². The van der Waals surface area contributed by atoms with Gasteiger partial charge in [-0.2, -0.15) is 0 Å². The predicted molar refractivity (Wildman–Crippen MR) is 115 cm³/mol. The quantitative estimate of drug-likeness (QED) is 0.570. The van der Waals surface area contributed by atoms with E-state index < -0.39 is 11.9 Å². The van der Waals surface area contributed by atoms with Gasteiger partial charge in [0.15, 0.2) is 0 Å². The molecule has 2 amide bonds. The zero-order chi connectivity index (χ0) is 22.4. The molecule has 0 saturated carbocycles. The van der Waals surface area contributed by atoms with Crippen molar-refractivity contribution in [3.05, 3.63) is 52.1 Å². The fourth-order valence-electron chi connectivity index (χ4n) is 3.24. The molecule has 2 heterocycles. The number of aliphatic hydroxyl groups excluding tert-OH is 1. The minimum Gasteiger partial charge on any atom is -0.394 e. The Morgan fingerprint density at radius 1 is 1.45 bits per heavy atom. The first kappa shape index (κ1) is 23.2. The number of benzene rings is 1. The zero-order valence-corrected chi connectivity index (χ0v) is 18.3. The van der Waals surface area contributed by atoms with Gasteiger partial charge >= 0.3 is 6.03 Å². The molecule has 2 atom stereocenters. The van der Waals surface area contributed by atoms with Crippen LogP contribution in [-0.2, 0) is 17.7 Å². The lowest BCUT2D eigenvalue weighted by Crippen LogP contribution is -2.45. The Bertz CT molecular complexity index is 917. The van der Waals surface area contributed by atoms with Gasteiger partial charge in [0.2, 0.25) is 5.95 Å². The summed E-state index contributed by atoms with van der Waals surface area (Å²) >= 11 is 5.92. The number of aliphatic hydroxyl groups is 1. The number of nitrogens with one attached hydrogen (secondary N) is 2. The highest BCUT2D eigenvalue weighted by Gasteiger charge is 2.25. The summed E-state index contributed by atoms with van der Waals surface area (Å²) in [6.07, 6.45) is 2.39. The highest BCUT2D eigenvalue weighted by Crippen LogP contribution is 2.23. The van der Waals surface area contributed by atoms with Gasteiger partial charge in [-0.25, -0.2) is 19.2 Å². The van der Waals surface area contributed by atoms with Crippen molar-refractivity contribution in [3.8, 4) is 0 Å².